The molecule has 0 unspecified atom stereocenters. The summed E-state index contributed by atoms with van der Waals surface area (Å²) >= 11 is 0. The molecule has 0 amide bonds. The third kappa shape index (κ3) is 6.01. The molecule has 0 atom stereocenters. The summed E-state index contributed by atoms with van der Waals surface area (Å²) in [7, 11) is 0. The summed E-state index contributed by atoms with van der Waals surface area (Å²) in [5.41, 5.74) is 0. The molecule has 0 aliphatic carbocycles. The van der Waals surface area contributed by atoms with E-state index in [1.54, 1.807) is 0 Å². The Labute approximate surface area is 59.5 Å². The molecule has 4 heteroatoms. The number of aliphatic carboxylic acids is 1. The normalized spacial score (nSPS) is 6.43. The first kappa shape index (κ1) is 10.1. The van der Waals surface area contributed by atoms with E-state index >= 15 is 0 Å². The number of carbonyl (C=O) groups is 2. The third-order valence-corrected chi connectivity index (χ3v) is 0.301. The van der Waals surface area contributed by atoms with Crippen molar-refractivity contribution < 1.29 is 14.7 Å². The van der Waals surface area contributed by atoms with Crippen LogP contribution in [0.15, 0.2) is 0 Å². The summed E-state index contributed by atoms with van der Waals surface area (Å²) in [6, 6.07) is 0. The molecule has 0 aromatic rings. The van der Waals surface area contributed by atoms with Crippen LogP contribution in [0.5, 0.6) is 0 Å². The molecule has 0 bridgehead atoms. The third-order valence-electron chi connectivity index (χ3n) is 0.301. The molecule has 0 saturated carbocycles. The van der Waals surface area contributed by atoms with Crippen molar-refractivity contribution in [3.05, 3.63) is 0 Å². The second kappa shape index (κ2) is 4.18. The van der Waals surface area contributed by atoms with E-state index in [2.05, 4.69) is 0 Å². The Balaban J connectivity index is 0. The van der Waals surface area contributed by atoms with Gasteiger partial charge in [-0.1, -0.05) is 0 Å². The van der Waals surface area contributed by atoms with E-state index in [1.165, 1.54) is 0 Å². The number of ketones is 1. The van der Waals surface area contributed by atoms with Crippen LogP contribution in [-0.4, -0.2) is 42.7 Å². The molecule has 0 aromatic heterocycles. The first-order valence-electron chi connectivity index (χ1n) is 1.38. The van der Waals surface area contributed by atoms with Crippen LogP contribution in [0.3, 0.4) is 0 Å². The van der Waals surface area contributed by atoms with Crippen LogP contribution in [0.2, 0.25) is 0 Å². The summed E-state index contributed by atoms with van der Waals surface area (Å²) in [5.74, 6) is -2.20. The molecular weight excluding hydrogens is 199 g/mol. The van der Waals surface area contributed by atoms with Gasteiger partial charge in [-0.15, -0.1) is 0 Å². The van der Waals surface area contributed by atoms with Crippen molar-refractivity contribution in [3.8, 4) is 0 Å². The van der Waals surface area contributed by atoms with Gasteiger partial charge in [0.15, 0.2) is 0 Å². The van der Waals surface area contributed by atoms with Crippen molar-refractivity contribution in [2.24, 2.45) is 0 Å². The van der Waals surface area contributed by atoms with Gasteiger partial charge in [-0.3, -0.25) is 4.79 Å². The van der Waals surface area contributed by atoms with Gasteiger partial charge in [0.1, 0.15) is 0 Å². The predicted molar refractivity (Wildman–Crippen MR) is 28.3 cm³/mol. The van der Waals surface area contributed by atoms with Crippen molar-refractivity contribution in [3.63, 3.8) is 0 Å². The maximum absolute atomic E-state index is 9.54. The molecule has 0 spiro atoms. The van der Waals surface area contributed by atoms with Crippen molar-refractivity contribution >= 4 is 37.6 Å². The fourth-order valence-corrected chi connectivity index (χ4v) is 0. The Morgan fingerprint density at radius 2 is 1.57 bits per heavy atom. The molecule has 0 aliphatic rings. The molecule has 1 N–H and O–H groups in total. The van der Waals surface area contributed by atoms with Gasteiger partial charge in [0.05, 0.1) is 0 Å². The van der Waals surface area contributed by atoms with Gasteiger partial charge in [0.2, 0.25) is 5.78 Å². The van der Waals surface area contributed by atoms with Crippen molar-refractivity contribution in [1.29, 1.82) is 0 Å². The number of carbonyl (C=O) groups excluding carboxylic acids is 1. The molecule has 3 nitrogen and oxygen atoms in total. The molecule has 0 saturated heterocycles. The van der Waals surface area contributed by atoms with Crippen molar-refractivity contribution in [1.82, 2.24) is 0 Å². The fourth-order valence-electron chi connectivity index (χ4n) is 0. The molecule has 0 radical (unpaired) electrons. The molecule has 40 valence electrons. The number of carboxylic acids is 1. The number of Topliss-reactive ketones (excluding diaryl/α,β-unsaturated/α-hetero) is 1. The van der Waals surface area contributed by atoms with Crippen molar-refractivity contribution in [2.45, 2.75) is 6.92 Å². The van der Waals surface area contributed by atoms with Gasteiger partial charge < -0.3 is 5.11 Å². The van der Waals surface area contributed by atoms with Crippen molar-refractivity contribution in [2.75, 3.05) is 0 Å². The van der Waals surface area contributed by atoms with Gasteiger partial charge in [0.25, 0.3) is 0 Å². The molecule has 0 aliphatic heterocycles. The molecule has 0 heterocycles. The van der Waals surface area contributed by atoms with Gasteiger partial charge in [0, 0.05) is 6.92 Å². The van der Waals surface area contributed by atoms with E-state index in [-0.39, 0.29) is 25.8 Å². The predicted octanol–water partition coefficient (Wildman–Crippen LogP) is -1.52. The Bertz CT molecular complexity index is 76.2. The summed E-state index contributed by atoms with van der Waals surface area (Å²) < 4.78 is 0. The zero-order valence-electron chi connectivity index (χ0n) is 3.26. The van der Waals surface area contributed by atoms with Crippen LogP contribution in [0, 0.1) is 0 Å². The summed E-state index contributed by atoms with van der Waals surface area (Å²) in [6.45, 7) is 1.00. The first-order chi connectivity index (χ1) is 2.64. The summed E-state index contributed by atoms with van der Waals surface area (Å²) in [5, 5.41) is 7.64. The topological polar surface area (TPSA) is 54.4 Å². The standard InChI is InChI=1S/C3H4O3.In.3H/c1-2(4)3(5)6;;;;/h1H3,(H,5,6);;;;. The van der Waals surface area contributed by atoms with Gasteiger partial charge in [-0.05, 0) is 0 Å². The molecule has 0 fully saturated rings. The average molecular weight is 206 g/mol. The molecule has 7 heavy (non-hydrogen) atoms. The van der Waals surface area contributed by atoms with Crippen LogP contribution < -0.4 is 0 Å². The van der Waals surface area contributed by atoms with E-state index < -0.39 is 11.8 Å². The molecule has 0 rings (SSSR count). The second-order valence-electron chi connectivity index (χ2n) is 0.861. The first-order valence-corrected chi connectivity index (χ1v) is 1.38. The van der Waals surface area contributed by atoms with Crippen LogP contribution in [0.25, 0.3) is 0 Å². The summed E-state index contributed by atoms with van der Waals surface area (Å²) in [6.07, 6.45) is 0. The zero-order chi connectivity index (χ0) is 5.15. The quantitative estimate of drug-likeness (QED) is 0.530. The van der Waals surface area contributed by atoms with Gasteiger partial charge in [-0.25, -0.2) is 4.79 Å². The minimum atomic E-state index is -1.38. The summed E-state index contributed by atoms with van der Waals surface area (Å²) in [4.78, 5) is 18.9. The van der Waals surface area contributed by atoms with E-state index in [0.29, 0.717) is 0 Å². The van der Waals surface area contributed by atoms with Gasteiger partial charge >= 0.3 is 31.8 Å². The number of rotatable bonds is 1. The second-order valence-corrected chi connectivity index (χ2v) is 0.861. The Hall–Kier alpha value is 0.0101. The Morgan fingerprint density at radius 3 is 1.57 bits per heavy atom. The van der Waals surface area contributed by atoms with E-state index in [0.717, 1.165) is 6.92 Å². The minimum absolute atomic E-state index is 0. The van der Waals surface area contributed by atoms with Gasteiger partial charge in [-0.2, -0.15) is 0 Å². The van der Waals surface area contributed by atoms with E-state index in [1.807, 2.05) is 0 Å². The number of hydrogen-bond donors (Lipinski definition) is 1. The SMILES string of the molecule is CC(=O)C(=O)O.[InH3]. The molecular formula is C3H7InO3. The van der Waals surface area contributed by atoms with Crippen LogP contribution in [0.1, 0.15) is 6.92 Å². The fraction of sp³-hybridized carbons (Fsp3) is 0.333. The van der Waals surface area contributed by atoms with Crippen LogP contribution in [0.4, 0.5) is 0 Å². The van der Waals surface area contributed by atoms with Crippen LogP contribution >= 0.6 is 0 Å². The number of hydrogen-bond acceptors (Lipinski definition) is 2. The zero-order valence-corrected chi connectivity index (χ0v) is 3.26. The molecule has 0 aromatic carbocycles. The average Bonchev–Trinajstić information content (AvgIpc) is 1.36. The van der Waals surface area contributed by atoms with Crippen LogP contribution in [-0.2, 0) is 9.59 Å². The van der Waals surface area contributed by atoms with E-state index in [4.69, 9.17) is 5.11 Å². The van der Waals surface area contributed by atoms with E-state index in [9.17, 15) is 9.59 Å². The monoisotopic (exact) mass is 206 g/mol. The number of carboxylic acid groups (broad SMARTS) is 1. The Kier molecular flexibility index (Phi) is 6.02. The Morgan fingerprint density at radius 1 is 1.43 bits per heavy atom. The maximum atomic E-state index is 9.54.